The molecule has 2 aromatic heterocycles. The minimum absolute atomic E-state index is 0.140. The fourth-order valence-electron chi connectivity index (χ4n) is 3.55. The summed E-state index contributed by atoms with van der Waals surface area (Å²) >= 11 is 0. The maximum atomic E-state index is 13.9. The van der Waals surface area contributed by atoms with Gasteiger partial charge in [0.15, 0.2) is 11.6 Å². The first kappa shape index (κ1) is 24.6. The first-order valence-corrected chi connectivity index (χ1v) is 10.3. The number of hydrogen-bond donors (Lipinski definition) is 3. The van der Waals surface area contributed by atoms with Gasteiger partial charge in [-0.15, -0.1) is 0 Å². The van der Waals surface area contributed by atoms with Gasteiger partial charge in [0.2, 0.25) is 0 Å². The number of anilines is 3. The molecule has 2 aromatic carbocycles. The number of ether oxygens (including phenoxy) is 1. The summed E-state index contributed by atoms with van der Waals surface area (Å²) in [6.07, 6.45) is -1.94. The maximum absolute atomic E-state index is 13.9. The Bertz CT molecular complexity index is 1450. The number of carbonyl (C=O) groups is 2. The van der Waals surface area contributed by atoms with E-state index in [-0.39, 0.29) is 23.9 Å². The molecule has 4 N–H and O–H groups in total. The Morgan fingerprint density at radius 3 is 2.50 bits per heavy atom. The summed E-state index contributed by atoms with van der Waals surface area (Å²) in [4.78, 5) is 28.9. The molecule has 0 unspecified atom stereocenters. The standard InChI is InChI=1S/C23H18F4N6O3/c1-36-10-18(34)15-9-33-20(21(28)29-11-30-33)19(15)12-2-5-14(6-3-12)31-22(35)32-17-8-13(23(25,26)27)4-7-16(17)24/h2-9,11H,10H2,1H3,(H2,28,29,30)(H2,31,32,35). The van der Waals surface area contributed by atoms with Crippen molar-refractivity contribution in [3.05, 3.63) is 71.9 Å². The number of amides is 2. The quantitative estimate of drug-likeness (QED) is 0.261. The Hall–Kier alpha value is -4.52. The summed E-state index contributed by atoms with van der Waals surface area (Å²) in [6, 6.07) is 6.90. The Labute approximate surface area is 200 Å². The fourth-order valence-corrected chi connectivity index (χ4v) is 3.55. The van der Waals surface area contributed by atoms with E-state index in [0.29, 0.717) is 40.4 Å². The van der Waals surface area contributed by atoms with Crippen molar-refractivity contribution in [2.75, 3.05) is 30.1 Å². The first-order chi connectivity index (χ1) is 17.1. The number of alkyl halides is 3. The molecule has 0 atom stereocenters. The van der Waals surface area contributed by atoms with Crippen LogP contribution in [-0.2, 0) is 10.9 Å². The Morgan fingerprint density at radius 1 is 1.11 bits per heavy atom. The van der Waals surface area contributed by atoms with E-state index in [2.05, 4.69) is 20.7 Å². The van der Waals surface area contributed by atoms with E-state index < -0.39 is 29.3 Å². The number of rotatable bonds is 6. The molecule has 0 bridgehead atoms. The van der Waals surface area contributed by atoms with Crippen molar-refractivity contribution in [3.63, 3.8) is 0 Å². The number of Topliss-reactive ketones (excluding diaryl/α,β-unsaturated/α-hetero) is 1. The molecule has 2 heterocycles. The summed E-state index contributed by atoms with van der Waals surface area (Å²) < 4.78 is 58.9. The van der Waals surface area contributed by atoms with E-state index in [1.165, 1.54) is 36.3 Å². The minimum atomic E-state index is -4.70. The first-order valence-electron chi connectivity index (χ1n) is 10.3. The number of aromatic nitrogens is 3. The molecule has 0 saturated carbocycles. The van der Waals surface area contributed by atoms with Gasteiger partial charge >= 0.3 is 12.2 Å². The number of ketones is 1. The molecule has 0 radical (unpaired) electrons. The summed E-state index contributed by atoms with van der Waals surface area (Å²) in [7, 11) is 1.39. The van der Waals surface area contributed by atoms with E-state index in [0.717, 1.165) is 0 Å². The van der Waals surface area contributed by atoms with Crippen LogP contribution in [-0.4, -0.2) is 40.1 Å². The van der Waals surface area contributed by atoms with Crippen LogP contribution in [0.2, 0.25) is 0 Å². The van der Waals surface area contributed by atoms with Crippen LogP contribution in [0.4, 0.5) is 39.5 Å². The molecule has 0 aliphatic heterocycles. The molecule has 36 heavy (non-hydrogen) atoms. The molecule has 4 rings (SSSR count). The number of nitrogens with two attached hydrogens (primary N) is 1. The third-order valence-corrected chi connectivity index (χ3v) is 5.15. The molecule has 0 aliphatic carbocycles. The van der Waals surface area contributed by atoms with Crippen molar-refractivity contribution in [3.8, 4) is 11.1 Å². The zero-order chi connectivity index (χ0) is 26.0. The fraction of sp³-hybridized carbons (Fsp3) is 0.130. The highest BCUT2D eigenvalue weighted by atomic mass is 19.4. The third kappa shape index (κ3) is 4.95. The average Bonchev–Trinajstić information content (AvgIpc) is 3.21. The molecular weight excluding hydrogens is 484 g/mol. The second-order valence-electron chi connectivity index (χ2n) is 7.56. The van der Waals surface area contributed by atoms with Crippen molar-refractivity contribution in [1.29, 1.82) is 0 Å². The van der Waals surface area contributed by atoms with Crippen LogP contribution in [0.5, 0.6) is 0 Å². The number of fused-ring (bicyclic) bond motifs is 1. The van der Waals surface area contributed by atoms with Crippen molar-refractivity contribution in [2.45, 2.75) is 6.18 Å². The van der Waals surface area contributed by atoms with Gasteiger partial charge < -0.3 is 21.1 Å². The molecule has 0 spiro atoms. The van der Waals surface area contributed by atoms with Gasteiger partial charge in [-0.3, -0.25) is 4.79 Å². The van der Waals surface area contributed by atoms with Gasteiger partial charge in [0.1, 0.15) is 24.3 Å². The molecule has 0 saturated heterocycles. The molecule has 9 nitrogen and oxygen atoms in total. The van der Waals surface area contributed by atoms with Gasteiger partial charge in [-0.2, -0.15) is 18.3 Å². The molecule has 2 amide bonds. The Morgan fingerprint density at radius 2 is 1.83 bits per heavy atom. The van der Waals surface area contributed by atoms with Crippen LogP contribution in [0.1, 0.15) is 15.9 Å². The number of hydrogen-bond acceptors (Lipinski definition) is 6. The summed E-state index contributed by atoms with van der Waals surface area (Å²) in [5.41, 5.74) is 6.23. The number of benzene rings is 2. The van der Waals surface area contributed by atoms with E-state index in [1.807, 2.05) is 0 Å². The lowest BCUT2D eigenvalue weighted by Crippen LogP contribution is -2.20. The number of nitrogens with one attached hydrogen (secondary N) is 2. The predicted molar refractivity (Wildman–Crippen MR) is 123 cm³/mol. The highest BCUT2D eigenvalue weighted by molar-refractivity contribution is 6.08. The smallest absolute Gasteiger partial charge is 0.382 e. The maximum Gasteiger partial charge on any atom is 0.416 e. The summed E-state index contributed by atoms with van der Waals surface area (Å²) in [5, 5.41) is 8.56. The Kier molecular flexibility index (Phi) is 6.57. The lowest BCUT2D eigenvalue weighted by atomic mass is 10.00. The zero-order valence-corrected chi connectivity index (χ0v) is 18.6. The lowest BCUT2D eigenvalue weighted by Gasteiger charge is -2.12. The van der Waals surface area contributed by atoms with Gasteiger partial charge in [-0.25, -0.2) is 18.7 Å². The van der Waals surface area contributed by atoms with Gasteiger partial charge in [-0.1, -0.05) is 12.1 Å². The van der Waals surface area contributed by atoms with Gasteiger partial charge in [-0.05, 0) is 35.9 Å². The van der Waals surface area contributed by atoms with Gasteiger partial charge in [0.05, 0.1) is 11.3 Å². The van der Waals surface area contributed by atoms with E-state index in [4.69, 9.17) is 10.5 Å². The average molecular weight is 502 g/mol. The predicted octanol–water partition coefficient (Wildman–Crippen LogP) is 4.61. The van der Waals surface area contributed by atoms with Crippen LogP contribution in [0.3, 0.4) is 0 Å². The second-order valence-corrected chi connectivity index (χ2v) is 7.56. The largest absolute Gasteiger partial charge is 0.416 e. The zero-order valence-electron chi connectivity index (χ0n) is 18.6. The van der Waals surface area contributed by atoms with Crippen LogP contribution in [0.15, 0.2) is 55.0 Å². The molecule has 0 aliphatic rings. The van der Waals surface area contributed by atoms with E-state index in [1.54, 1.807) is 12.1 Å². The Balaban J connectivity index is 1.59. The lowest BCUT2D eigenvalue weighted by molar-refractivity contribution is -0.137. The molecule has 4 aromatic rings. The van der Waals surface area contributed by atoms with E-state index in [9.17, 15) is 27.2 Å². The van der Waals surface area contributed by atoms with E-state index >= 15 is 0 Å². The second kappa shape index (κ2) is 9.62. The van der Waals surface area contributed by atoms with Crippen LogP contribution in [0, 0.1) is 5.82 Å². The molecular formula is C23H18F4N6O3. The topological polar surface area (TPSA) is 124 Å². The molecule has 186 valence electrons. The highest BCUT2D eigenvalue weighted by Crippen LogP contribution is 2.34. The van der Waals surface area contributed by atoms with Gasteiger partial charge in [0.25, 0.3) is 0 Å². The minimum Gasteiger partial charge on any atom is -0.382 e. The van der Waals surface area contributed by atoms with Crippen molar-refractivity contribution >= 4 is 34.5 Å². The number of nitrogens with zero attached hydrogens (tertiary/aromatic N) is 3. The number of methoxy groups -OCH3 is 1. The van der Waals surface area contributed by atoms with Crippen LogP contribution < -0.4 is 16.4 Å². The normalized spacial score (nSPS) is 11.5. The molecule has 0 fully saturated rings. The summed E-state index contributed by atoms with van der Waals surface area (Å²) in [6.45, 7) is -0.177. The van der Waals surface area contributed by atoms with Crippen LogP contribution >= 0.6 is 0 Å². The number of urea groups is 1. The highest BCUT2D eigenvalue weighted by Gasteiger charge is 2.31. The number of halogens is 4. The molecule has 13 heteroatoms. The number of carbonyl (C=O) groups excluding carboxylic acids is 2. The SMILES string of the molecule is COCC(=O)c1cn2ncnc(N)c2c1-c1ccc(NC(=O)Nc2cc(C(F)(F)F)ccc2F)cc1. The monoisotopic (exact) mass is 502 g/mol. The van der Waals surface area contributed by atoms with Crippen molar-refractivity contribution < 1.29 is 31.9 Å². The van der Waals surface area contributed by atoms with Crippen LogP contribution in [0.25, 0.3) is 16.6 Å². The number of nitrogen functional groups attached to an aromatic ring is 1. The van der Waals surface area contributed by atoms with Gasteiger partial charge in [0, 0.05) is 30.1 Å². The third-order valence-electron chi connectivity index (χ3n) is 5.15. The van der Waals surface area contributed by atoms with Crippen molar-refractivity contribution in [1.82, 2.24) is 14.6 Å². The summed E-state index contributed by atoms with van der Waals surface area (Å²) in [5.74, 6) is -1.20. The van der Waals surface area contributed by atoms with Crippen molar-refractivity contribution in [2.24, 2.45) is 0 Å².